The van der Waals surface area contributed by atoms with E-state index in [1.165, 1.54) is 11.8 Å². The molecule has 0 spiro atoms. The second kappa shape index (κ2) is 7.09. The lowest BCUT2D eigenvalue weighted by molar-refractivity contribution is -0.136. The zero-order chi connectivity index (χ0) is 15.2. The maximum atomic E-state index is 11.8. The van der Waals surface area contributed by atoms with Crippen LogP contribution in [0.5, 0.6) is 0 Å². The van der Waals surface area contributed by atoms with Gasteiger partial charge in [-0.15, -0.1) is 11.8 Å². The molecule has 0 saturated carbocycles. The Hall–Kier alpha value is -2.07. The molecule has 0 heterocycles. The summed E-state index contributed by atoms with van der Waals surface area (Å²) in [6, 6.07) is 16.3. The molecule has 3 nitrogen and oxygen atoms in total. The van der Waals surface area contributed by atoms with Crippen LogP contribution in [0.15, 0.2) is 59.5 Å². The number of carbonyl (C=O) groups excluding carboxylic acids is 1. The van der Waals surface area contributed by atoms with Crippen LogP contribution in [-0.2, 0) is 4.79 Å². The minimum Gasteiger partial charge on any atom is -0.480 e. The summed E-state index contributed by atoms with van der Waals surface area (Å²) in [5, 5.41) is 8.74. The van der Waals surface area contributed by atoms with Gasteiger partial charge >= 0.3 is 5.97 Å². The molecule has 4 heteroatoms. The zero-order valence-electron chi connectivity index (χ0n) is 11.7. The fourth-order valence-electron chi connectivity index (χ4n) is 1.98. The first-order valence-electron chi connectivity index (χ1n) is 6.69. The Morgan fingerprint density at radius 1 is 1.10 bits per heavy atom. The molecule has 0 bridgehead atoms. The van der Waals surface area contributed by atoms with Crippen molar-refractivity contribution in [3.8, 4) is 0 Å². The number of aliphatic carboxylic acids is 1. The normalized spacial score (nSPS) is 11.9. The topological polar surface area (TPSA) is 54.4 Å². The van der Waals surface area contributed by atoms with E-state index in [0.717, 1.165) is 4.90 Å². The third-order valence-electron chi connectivity index (χ3n) is 3.05. The molecule has 1 atom stereocenters. The summed E-state index contributed by atoms with van der Waals surface area (Å²) < 4.78 is 0. The van der Waals surface area contributed by atoms with Crippen molar-refractivity contribution in [2.24, 2.45) is 0 Å². The molecule has 2 aromatic carbocycles. The van der Waals surface area contributed by atoms with Crippen LogP contribution in [0, 0.1) is 0 Å². The molecule has 1 unspecified atom stereocenters. The van der Waals surface area contributed by atoms with E-state index < -0.39 is 11.2 Å². The summed E-state index contributed by atoms with van der Waals surface area (Å²) in [5.41, 5.74) is 1.20. The van der Waals surface area contributed by atoms with Crippen molar-refractivity contribution in [1.82, 2.24) is 0 Å². The van der Waals surface area contributed by atoms with Crippen molar-refractivity contribution in [2.75, 3.05) is 0 Å². The second-order valence-electron chi connectivity index (χ2n) is 4.55. The molecule has 0 amide bonds. The zero-order valence-corrected chi connectivity index (χ0v) is 12.5. The number of carboxylic acid groups (broad SMARTS) is 1. The van der Waals surface area contributed by atoms with Gasteiger partial charge in [-0.3, -0.25) is 9.59 Å². The molecule has 0 fully saturated rings. The Kier molecular flexibility index (Phi) is 5.17. The molecule has 0 saturated heterocycles. The number of ketones is 1. The molecule has 108 valence electrons. The van der Waals surface area contributed by atoms with Crippen LogP contribution in [-0.4, -0.2) is 16.9 Å². The summed E-state index contributed by atoms with van der Waals surface area (Å²) in [7, 11) is 0. The molecular formula is C17H16O3S. The molecule has 1 N–H and O–H groups in total. The number of carboxylic acids is 1. The Morgan fingerprint density at radius 3 is 2.43 bits per heavy atom. The van der Waals surface area contributed by atoms with Crippen molar-refractivity contribution in [3.05, 3.63) is 65.7 Å². The van der Waals surface area contributed by atoms with Crippen LogP contribution in [0.1, 0.15) is 34.5 Å². The number of rotatable bonds is 6. The van der Waals surface area contributed by atoms with Crippen molar-refractivity contribution in [3.63, 3.8) is 0 Å². The molecule has 0 radical (unpaired) electrons. The summed E-state index contributed by atoms with van der Waals surface area (Å²) >= 11 is 1.27. The molecule has 2 rings (SSSR count). The number of thioether (sulfide) groups is 1. The van der Waals surface area contributed by atoms with Crippen LogP contribution >= 0.6 is 11.8 Å². The lowest BCUT2D eigenvalue weighted by Gasteiger charge is -2.13. The Labute approximate surface area is 128 Å². The van der Waals surface area contributed by atoms with Gasteiger partial charge in [0, 0.05) is 16.9 Å². The van der Waals surface area contributed by atoms with E-state index in [4.69, 9.17) is 0 Å². The van der Waals surface area contributed by atoms with Crippen LogP contribution < -0.4 is 0 Å². The lowest BCUT2D eigenvalue weighted by Crippen LogP contribution is -2.09. The predicted octanol–water partition coefficient (Wildman–Crippen LogP) is 4.20. The minimum atomic E-state index is -0.912. The van der Waals surface area contributed by atoms with Crippen molar-refractivity contribution < 1.29 is 14.7 Å². The standard InChI is InChI=1S/C17H16O3S/c1-2-15(18)12-7-6-8-13(11-12)16(17(19)20)21-14-9-4-3-5-10-14/h3-11,16H,2H2,1H3,(H,19,20). The van der Waals surface area contributed by atoms with Gasteiger partial charge in [0.2, 0.25) is 0 Å². The summed E-state index contributed by atoms with van der Waals surface area (Å²) in [4.78, 5) is 24.2. The summed E-state index contributed by atoms with van der Waals surface area (Å²) in [6.07, 6.45) is 0.410. The monoisotopic (exact) mass is 300 g/mol. The van der Waals surface area contributed by atoms with Crippen LogP contribution in [0.25, 0.3) is 0 Å². The van der Waals surface area contributed by atoms with Crippen LogP contribution in [0.2, 0.25) is 0 Å². The largest absolute Gasteiger partial charge is 0.480 e. The van der Waals surface area contributed by atoms with Gasteiger partial charge in [-0.05, 0) is 23.8 Å². The highest BCUT2D eigenvalue weighted by molar-refractivity contribution is 8.00. The van der Waals surface area contributed by atoms with E-state index in [1.807, 2.05) is 30.3 Å². The Balaban J connectivity index is 2.30. The maximum Gasteiger partial charge on any atom is 0.321 e. The summed E-state index contributed by atoms with van der Waals surface area (Å²) in [5.74, 6) is -0.893. The lowest BCUT2D eigenvalue weighted by atomic mass is 10.0. The number of hydrogen-bond acceptors (Lipinski definition) is 3. The number of benzene rings is 2. The van der Waals surface area contributed by atoms with Crippen molar-refractivity contribution in [1.29, 1.82) is 0 Å². The Morgan fingerprint density at radius 2 is 1.81 bits per heavy atom. The van der Waals surface area contributed by atoms with E-state index in [1.54, 1.807) is 31.2 Å². The number of Topliss-reactive ketones (excluding diaryl/α,β-unsaturated/α-hetero) is 1. The molecular weight excluding hydrogens is 284 g/mol. The van der Waals surface area contributed by atoms with Crippen LogP contribution in [0.3, 0.4) is 0 Å². The SMILES string of the molecule is CCC(=O)c1cccc(C(Sc2ccccc2)C(=O)O)c1. The fraction of sp³-hybridized carbons (Fsp3) is 0.176. The molecule has 0 aromatic heterocycles. The minimum absolute atomic E-state index is 0.0192. The predicted molar refractivity (Wildman–Crippen MR) is 83.7 cm³/mol. The van der Waals surface area contributed by atoms with Gasteiger partial charge in [0.05, 0.1) is 0 Å². The van der Waals surface area contributed by atoms with Crippen molar-refractivity contribution in [2.45, 2.75) is 23.5 Å². The molecule has 0 aliphatic rings. The van der Waals surface area contributed by atoms with Gasteiger partial charge in [-0.2, -0.15) is 0 Å². The van der Waals surface area contributed by atoms with E-state index >= 15 is 0 Å². The average molecular weight is 300 g/mol. The third-order valence-corrected chi connectivity index (χ3v) is 4.31. The highest BCUT2D eigenvalue weighted by atomic mass is 32.2. The quantitative estimate of drug-likeness (QED) is 0.642. The maximum absolute atomic E-state index is 11.8. The van der Waals surface area contributed by atoms with Gasteiger partial charge in [-0.25, -0.2) is 0 Å². The number of carbonyl (C=O) groups is 2. The summed E-state index contributed by atoms with van der Waals surface area (Å²) in [6.45, 7) is 1.79. The van der Waals surface area contributed by atoms with Crippen LogP contribution in [0.4, 0.5) is 0 Å². The van der Waals surface area contributed by atoms with E-state index in [-0.39, 0.29) is 5.78 Å². The van der Waals surface area contributed by atoms with E-state index in [9.17, 15) is 14.7 Å². The van der Waals surface area contributed by atoms with Crippen molar-refractivity contribution >= 4 is 23.5 Å². The van der Waals surface area contributed by atoms with Gasteiger partial charge in [0.1, 0.15) is 5.25 Å². The molecule has 2 aromatic rings. The first-order chi connectivity index (χ1) is 10.1. The van der Waals surface area contributed by atoms with E-state index in [0.29, 0.717) is 17.5 Å². The highest BCUT2D eigenvalue weighted by Crippen LogP contribution is 2.35. The van der Waals surface area contributed by atoms with E-state index in [2.05, 4.69) is 0 Å². The highest BCUT2D eigenvalue weighted by Gasteiger charge is 2.22. The molecule has 21 heavy (non-hydrogen) atoms. The number of hydrogen-bond donors (Lipinski definition) is 1. The Bertz CT molecular complexity index is 637. The van der Waals surface area contributed by atoms with Gasteiger partial charge in [0.15, 0.2) is 5.78 Å². The fourth-order valence-corrected chi connectivity index (χ4v) is 2.95. The smallest absolute Gasteiger partial charge is 0.321 e. The first-order valence-corrected chi connectivity index (χ1v) is 7.57. The van der Waals surface area contributed by atoms with Gasteiger partial charge < -0.3 is 5.11 Å². The molecule has 0 aliphatic heterocycles. The first kappa shape index (κ1) is 15.3. The average Bonchev–Trinajstić information content (AvgIpc) is 2.52. The second-order valence-corrected chi connectivity index (χ2v) is 5.73. The van der Waals surface area contributed by atoms with Gasteiger partial charge in [-0.1, -0.05) is 43.3 Å². The third kappa shape index (κ3) is 3.95. The molecule has 0 aliphatic carbocycles. The van der Waals surface area contributed by atoms with Gasteiger partial charge in [0.25, 0.3) is 0 Å².